The lowest BCUT2D eigenvalue weighted by Gasteiger charge is -2.09. The highest BCUT2D eigenvalue weighted by Gasteiger charge is 2.15. The SMILES string of the molecule is CC(C(=O)O)c1ccc(-c2ccccc2)c(F)c1.CCCCCCCCCC(=O)O. The van der Waals surface area contributed by atoms with E-state index in [1.165, 1.54) is 38.2 Å². The van der Waals surface area contributed by atoms with Crippen LogP contribution in [0.1, 0.15) is 76.7 Å². The molecule has 1 atom stereocenters. The Bertz CT molecular complexity index is 774. The number of unbranched alkanes of at least 4 members (excludes halogenated alkanes) is 6. The van der Waals surface area contributed by atoms with Gasteiger partial charge in [0.15, 0.2) is 0 Å². The number of carbonyl (C=O) groups is 2. The van der Waals surface area contributed by atoms with Gasteiger partial charge in [-0.1, -0.05) is 87.9 Å². The molecule has 0 bridgehead atoms. The van der Waals surface area contributed by atoms with E-state index in [0.717, 1.165) is 18.4 Å². The first-order chi connectivity index (χ1) is 14.4. The van der Waals surface area contributed by atoms with Crippen molar-refractivity contribution in [2.24, 2.45) is 0 Å². The first kappa shape index (κ1) is 25.3. The van der Waals surface area contributed by atoms with Crippen molar-refractivity contribution >= 4 is 11.9 Å². The molecule has 0 fully saturated rings. The zero-order valence-corrected chi connectivity index (χ0v) is 17.9. The quantitative estimate of drug-likeness (QED) is 0.391. The van der Waals surface area contributed by atoms with Gasteiger partial charge in [-0.3, -0.25) is 9.59 Å². The summed E-state index contributed by atoms with van der Waals surface area (Å²) in [5, 5.41) is 17.2. The standard InChI is InChI=1S/C15H13FO2.C10H20O2/c1-10(15(17)18)12-7-8-13(14(16)9-12)11-5-3-2-4-6-11;1-2-3-4-5-6-7-8-9-10(11)12/h2-10H,1H3,(H,17,18);2-9H2,1H3,(H,11,12). The summed E-state index contributed by atoms with van der Waals surface area (Å²) in [5.74, 6) is -2.72. The molecular weight excluding hydrogens is 383 g/mol. The molecule has 0 aliphatic heterocycles. The minimum atomic E-state index is -0.957. The predicted molar refractivity (Wildman–Crippen MR) is 118 cm³/mol. The van der Waals surface area contributed by atoms with Gasteiger partial charge < -0.3 is 10.2 Å². The number of aliphatic carboxylic acids is 2. The number of rotatable bonds is 11. The summed E-state index contributed by atoms with van der Waals surface area (Å²) in [7, 11) is 0. The van der Waals surface area contributed by atoms with Crippen molar-refractivity contribution in [2.45, 2.75) is 71.1 Å². The monoisotopic (exact) mass is 416 g/mol. The van der Waals surface area contributed by atoms with Crippen LogP contribution in [0.3, 0.4) is 0 Å². The summed E-state index contributed by atoms with van der Waals surface area (Å²) in [6, 6.07) is 13.7. The van der Waals surface area contributed by atoms with E-state index in [1.54, 1.807) is 19.1 Å². The molecule has 0 saturated heterocycles. The van der Waals surface area contributed by atoms with E-state index in [2.05, 4.69) is 6.92 Å². The van der Waals surface area contributed by atoms with Crippen LogP contribution in [-0.2, 0) is 9.59 Å². The number of carboxylic acids is 2. The molecule has 0 amide bonds. The van der Waals surface area contributed by atoms with Gasteiger partial charge in [0.05, 0.1) is 5.92 Å². The smallest absolute Gasteiger partial charge is 0.310 e. The van der Waals surface area contributed by atoms with Gasteiger partial charge in [-0.2, -0.15) is 0 Å². The summed E-state index contributed by atoms with van der Waals surface area (Å²) in [5.41, 5.74) is 1.74. The van der Waals surface area contributed by atoms with Crippen LogP contribution in [0.4, 0.5) is 4.39 Å². The van der Waals surface area contributed by atoms with E-state index in [4.69, 9.17) is 10.2 Å². The average molecular weight is 417 g/mol. The van der Waals surface area contributed by atoms with Crippen molar-refractivity contribution < 1.29 is 24.2 Å². The topological polar surface area (TPSA) is 74.6 Å². The summed E-state index contributed by atoms with van der Waals surface area (Å²) in [6.45, 7) is 3.74. The van der Waals surface area contributed by atoms with E-state index in [-0.39, 0.29) is 0 Å². The molecule has 1 unspecified atom stereocenters. The van der Waals surface area contributed by atoms with Crippen molar-refractivity contribution in [2.75, 3.05) is 0 Å². The molecule has 0 aliphatic carbocycles. The lowest BCUT2D eigenvalue weighted by Crippen LogP contribution is -2.07. The van der Waals surface area contributed by atoms with E-state index in [9.17, 15) is 14.0 Å². The molecule has 0 aliphatic rings. The summed E-state index contributed by atoms with van der Waals surface area (Å²) in [4.78, 5) is 21.0. The molecule has 164 valence electrons. The van der Waals surface area contributed by atoms with Crippen LogP contribution in [0.5, 0.6) is 0 Å². The highest BCUT2D eigenvalue weighted by Crippen LogP contribution is 2.26. The van der Waals surface area contributed by atoms with Gasteiger partial charge in [0.25, 0.3) is 0 Å². The lowest BCUT2D eigenvalue weighted by atomic mass is 9.97. The maximum Gasteiger partial charge on any atom is 0.310 e. The Labute approximate surface area is 178 Å². The van der Waals surface area contributed by atoms with Crippen LogP contribution in [0.25, 0.3) is 11.1 Å². The molecule has 2 N–H and O–H groups in total. The second-order valence-electron chi connectivity index (χ2n) is 7.43. The molecule has 0 heterocycles. The zero-order valence-electron chi connectivity index (χ0n) is 17.9. The molecule has 0 radical (unpaired) electrons. The summed E-state index contributed by atoms with van der Waals surface area (Å²) in [6.07, 6.45) is 8.64. The molecule has 0 spiro atoms. The van der Waals surface area contributed by atoms with Crippen molar-refractivity contribution in [3.05, 3.63) is 59.9 Å². The molecule has 2 aromatic carbocycles. The van der Waals surface area contributed by atoms with Crippen LogP contribution in [0.2, 0.25) is 0 Å². The number of hydrogen-bond acceptors (Lipinski definition) is 2. The van der Waals surface area contributed by atoms with Crippen molar-refractivity contribution in [3.63, 3.8) is 0 Å². The molecule has 0 saturated carbocycles. The Hall–Kier alpha value is -2.69. The second-order valence-corrected chi connectivity index (χ2v) is 7.43. The van der Waals surface area contributed by atoms with Crippen molar-refractivity contribution in [1.29, 1.82) is 0 Å². The zero-order chi connectivity index (χ0) is 22.4. The summed E-state index contributed by atoms with van der Waals surface area (Å²) >= 11 is 0. The van der Waals surface area contributed by atoms with Gasteiger partial charge in [-0.15, -0.1) is 0 Å². The Morgan fingerprint density at radius 3 is 2.03 bits per heavy atom. The molecular formula is C25H33FO4. The van der Waals surface area contributed by atoms with Crippen LogP contribution < -0.4 is 0 Å². The largest absolute Gasteiger partial charge is 0.481 e. The molecule has 4 nitrogen and oxygen atoms in total. The van der Waals surface area contributed by atoms with Gasteiger partial charge in [-0.25, -0.2) is 4.39 Å². The van der Waals surface area contributed by atoms with Crippen molar-refractivity contribution in [3.8, 4) is 11.1 Å². The van der Waals surface area contributed by atoms with Gasteiger partial charge in [0.2, 0.25) is 0 Å². The van der Waals surface area contributed by atoms with Gasteiger partial charge in [0, 0.05) is 12.0 Å². The fourth-order valence-electron chi connectivity index (χ4n) is 3.03. The first-order valence-corrected chi connectivity index (χ1v) is 10.7. The third-order valence-corrected chi connectivity index (χ3v) is 4.94. The second kappa shape index (κ2) is 14.3. The maximum absolute atomic E-state index is 14.0. The fraction of sp³-hybridized carbons (Fsp3) is 0.440. The number of halogens is 1. The van der Waals surface area contributed by atoms with Crippen LogP contribution >= 0.6 is 0 Å². The lowest BCUT2D eigenvalue weighted by molar-refractivity contribution is -0.138. The normalized spacial score (nSPS) is 11.3. The molecule has 30 heavy (non-hydrogen) atoms. The van der Waals surface area contributed by atoms with Crippen molar-refractivity contribution in [1.82, 2.24) is 0 Å². The van der Waals surface area contributed by atoms with Gasteiger partial charge in [-0.05, 0) is 30.5 Å². The van der Waals surface area contributed by atoms with E-state index >= 15 is 0 Å². The first-order valence-electron chi connectivity index (χ1n) is 10.7. The minimum Gasteiger partial charge on any atom is -0.481 e. The fourth-order valence-corrected chi connectivity index (χ4v) is 3.03. The molecule has 2 rings (SSSR count). The van der Waals surface area contributed by atoms with Crippen LogP contribution in [0, 0.1) is 5.82 Å². The molecule has 5 heteroatoms. The van der Waals surface area contributed by atoms with Gasteiger partial charge in [0.1, 0.15) is 5.82 Å². The Morgan fingerprint density at radius 2 is 1.50 bits per heavy atom. The maximum atomic E-state index is 14.0. The average Bonchev–Trinajstić information content (AvgIpc) is 2.73. The minimum absolute atomic E-state index is 0.341. The predicted octanol–water partition coefficient (Wildman–Crippen LogP) is 6.89. The van der Waals surface area contributed by atoms with Crippen LogP contribution in [-0.4, -0.2) is 22.2 Å². The Balaban J connectivity index is 0.000000329. The summed E-state index contributed by atoms with van der Waals surface area (Å²) < 4.78 is 14.0. The number of carboxylic acid groups (broad SMARTS) is 2. The molecule has 2 aromatic rings. The Kier molecular flexibility index (Phi) is 12.1. The van der Waals surface area contributed by atoms with E-state index in [1.807, 2.05) is 30.3 Å². The highest BCUT2D eigenvalue weighted by molar-refractivity contribution is 5.76. The number of hydrogen-bond donors (Lipinski definition) is 2. The highest BCUT2D eigenvalue weighted by atomic mass is 19.1. The Morgan fingerprint density at radius 1 is 0.900 bits per heavy atom. The van der Waals surface area contributed by atoms with E-state index < -0.39 is 23.7 Å². The number of benzene rings is 2. The van der Waals surface area contributed by atoms with Crippen LogP contribution in [0.15, 0.2) is 48.5 Å². The third kappa shape index (κ3) is 9.68. The molecule has 0 aromatic heterocycles. The van der Waals surface area contributed by atoms with E-state index in [0.29, 0.717) is 17.5 Å². The van der Waals surface area contributed by atoms with Gasteiger partial charge >= 0.3 is 11.9 Å². The third-order valence-electron chi connectivity index (χ3n) is 4.94.